The Kier molecular flexibility index (Phi) is 7.51. The van der Waals surface area contributed by atoms with Gasteiger partial charge in [0, 0.05) is 50.0 Å². The second-order valence-corrected chi connectivity index (χ2v) is 13.7. The van der Waals surface area contributed by atoms with Crippen LogP contribution < -0.4 is 4.90 Å². The maximum absolute atomic E-state index is 9.46. The van der Waals surface area contributed by atoms with E-state index in [0.29, 0.717) is 11.1 Å². The zero-order chi connectivity index (χ0) is 36.9. The SMILES string of the molecule is N#Cc1ccc(-n2c3ccccc3c3cc(N(c4ccc(-c5ccccc5)cc4)c4ccc5c(c4)c4ccccc4n5-c4ccc(C#N)cc4)ccc32)cc1. The first-order valence-electron chi connectivity index (χ1n) is 18.2. The molecule has 0 atom stereocenters. The molecule has 0 bridgehead atoms. The third-order valence-corrected chi connectivity index (χ3v) is 10.6. The highest BCUT2D eigenvalue weighted by Gasteiger charge is 2.20. The molecule has 0 aliphatic rings. The summed E-state index contributed by atoms with van der Waals surface area (Å²) in [4.78, 5) is 2.34. The van der Waals surface area contributed by atoms with Gasteiger partial charge in [0.25, 0.3) is 0 Å². The molecule has 10 rings (SSSR count). The van der Waals surface area contributed by atoms with Gasteiger partial charge in [-0.2, -0.15) is 10.5 Å². The number of benzene rings is 8. The summed E-state index contributed by atoms with van der Waals surface area (Å²) in [5.41, 5.74) is 13.2. The monoisotopic (exact) mass is 701 g/mol. The van der Waals surface area contributed by atoms with E-state index in [1.54, 1.807) is 0 Å². The van der Waals surface area contributed by atoms with Crippen LogP contribution in [0.25, 0.3) is 66.1 Å². The lowest BCUT2D eigenvalue weighted by Crippen LogP contribution is -2.10. The molecule has 0 spiro atoms. The van der Waals surface area contributed by atoms with Crippen LogP contribution in [-0.2, 0) is 0 Å². The van der Waals surface area contributed by atoms with E-state index in [4.69, 9.17) is 0 Å². The molecule has 0 unspecified atom stereocenters. The summed E-state index contributed by atoms with van der Waals surface area (Å²) < 4.78 is 4.55. The number of nitrogens with zero attached hydrogens (tertiary/aromatic N) is 5. The molecule has 2 heterocycles. The van der Waals surface area contributed by atoms with E-state index in [1.807, 2.05) is 54.6 Å². The summed E-state index contributed by atoms with van der Waals surface area (Å²) in [6.07, 6.45) is 0. The fourth-order valence-corrected chi connectivity index (χ4v) is 8.01. The van der Waals surface area contributed by atoms with E-state index >= 15 is 0 Å². The van der Waals surface area contributed by atoms with Crippen LogP contribution in [0.15, 0.2) is 188 Å². The van der Waals surface area contributed by atoms with Crippen molar-refractivity contribution in [3.05, 3.63) is 199 Å². The quantitative estimate of drug-likeness (QED) is 0.173. The third kappa shape index (κ3) is 5.31. The molecule has 2 aromatic heterocycles. The van der Waals surface area contributed by atoms with E-state index in [9.17, 15) is 10.5 Å². The fraction of sp³-hybridized carbons (Fsp3) is 0. The van der Waals surface area contributed by atoms with Crippen LogP contribution >= 0.6 is 0 Å². The van der Waals surface area contributed by atoms with Gasteiger partial charge in [0.05, 0.1) is 45.3 Å². The maximum atomic E-state index is 9.46. The van der Waals surface area contributed by atoms with Crippen molar-refractivity contribution in [3.63, 3.8) is 0 Å². The predicted molar refractivity (Wildman–Crippen MR) is 225 cm³/mol. The molecule has 10 aromatic rings. The molecule has 0 N–H and O–H groups in total. The van der Waals surface area contributed by atoms with Gasteiger partial charge in [-0.25, -0.2) is 0 Å². The summed E-state index contributed by atoms with van der Waals surface area (Å²) in [5.74, 6) is 0. The van der Waals surface area contributed by atoms with Crippen molar-refractivity contribution in [2.24, 2.45) is 0 Å². The minimum Gasteiger partial charge on any atom is -0.310 e. The Labute approximate surface area is 318 Å². The number of fused-ring (bicyclic) bond motifs is 6. The minimum absolute atomic E-state index is 0.637. The van der Waals surface area contributed by atoms with Crippen molar-refractivity contribution in [2.75, 3.05) is 4.90 Å². The summed E-state index contributed by atoms with van der Waals surface area (Å²) in [7, 11) is 0. The van der Waals surface area contributed by atoms with Gasteiger partial charge in [-0.05, 0) is 120 Å². The van der Waals surface area contributed by atoms with Gasteiger partial charge in [0.15, 0.2) is 0 Å². The highest BCUT2D eigenvalue weighted by atomic mass is 15.1. The molecule has 55 heavy (non-hydrogen) atoms. The molecular formula is C50H31N5. The number of aromatic nitrogens is 2. The molecule has 0 radical (unpaired) electrons. The Bertz CT molecular complexity index is 2960. The lowest BCUT2D eigenvalue weighted by molar-refractivity contribution is 1.17. The first-order valence-corrected chi connectivity index (χ1v) is 18.2. The first-order chi connectivity index (χ1) is 27.2. The lowest BCUT2D eigenvalue weighted by Gasteiger charge is -2.26. The van der Waals surface area contributed by atoms with Gasteiger partial charge in [-0.15, -0.1) is 0 Å². The molecule has 5 heteroatoms. The van der Waals surface area contributed by atoms with Gasteiger partial charge in [0.2, 0.25) is 0 Å². The van der Waals surface area contributed by atoms with E-state index in [1.165, 1.54) is 5.56 Å². The van der Waals surface area contributed by atoms with Crippen LogP contribution in [0.1, 0.15) is 11.1 Å². The van der Waals surface area contributed by atoms with Crippen LogP contribution in [0.5, 0.6) is 0 Å². The molecule has 5 nitrogen and oxygen atoms in total. The van der Waals surface area contributed by atoms with E-state index in [0.717, 1.165) is 77.6 Å². The molecule has 256 valence electrons. The van der Waals surface area contributed by atoms with Gasteiger partial charge in [-0.3, -0.25) is 0 Å². The third-order valence-electron chi connectivity index (χ3n) is 10.6. The largest absolute Gasteiger partial charge is 0.310 e. The molecule has 0 amide bonds. The first kappa shape index (κ1) is 31.8. The smallest absolute Gasteiger partial charge is 0.0991 e. The van der Waals surface area contributed by atoms with Crippen LogP contribution in [0, 0.1) is 22.7 Å². The van der Waals surface area contributed by atoms with Crippen molar-refractivity contribution in [2.45, 2.75) is 0 Å². The summed E-state index contributed by atoms with van der Waals surface area (Å²) >= 11 is 0. The summed E-state index contributed by atoms with van der Waals surface area (Å²) in [6, 6.07) is 69.8. The average Bonchev–Trinajstić information content (AvgIpc) is 3.77. The molecule has 8 aromatic carbocycles. The number of anilines is 3. The van der Waals surface area contributed by atoms with Gasteiger partial charge in [0.1, 0.15) is 0 Å². The second kappa shape index (κ2) is 13.0. The van der Waals surface area contributed by atoms with Crippen molar-refractivity contribution < 1.29 is 0 Å². The Hall–Kier alpha value is -7.86. The van der Waals surface area contributed by atoms with E-state index in [2.05, 4.69) is 160 Å². The van der Waals surface area contributed by atoms with Gasteiger partial charge in [-0.1, -0.05) is 78.9 Å². The average molecular weight is 702 g/mol. The Morgan fingerprint density at radius 3 is 1.22 bits per heavy atom. The highest BCUT2D eigenvalue weighted by molar-refractivity contribution is 6.12. The topological polar surface area (TPSA) is 60.7 Å². The zero-order valence-electron chi connectivity index (χ0n) is 29.6. The summed E-state index contributed by atoms with van der Waals surface area (Å²) in [6.45, 7) is 0. The maximum Gasteiger partial charge on any atom is 0.0991 e. The van der Waals surface area contributed by atoms with E-state index in [-0.39, 0.29) is 0 Å². The lowest BCUT2D eigenvalue weighted by atomic mass is 10.0. The Morgan fingerprint density at radius 1 is 0.345 bits per heavy atom. The number of hydrogen-bond acceptors (Lipinski definition) is 3. The standard InChI is InChI=1S/C50H31N5/c51-32-34-14-20-39(21-15-34)54-47-12-6-4-10-43(47)45-30-41(26-28-49(45)54)53(38-24-18-37(19-25-38)36-8-2-1-3-9-36)42-27-29-50-46(31-42)44-11-5-7-13-48(44)55(50)40-22-16-35(33-52)17-23-40/h1-31H. The fourth-order valence-electron chi connectivity index (χ4n) is 8.01. The van der Waals surface area contributed by atoms with Crippen molar-refractivity contribution in [1.29, 1.82) is 10.5 Å². The number of hydrogen-bond donors (Lipinski definition) is 0. The van der Waals surface area contributed by atoms with Crippen LogP contribution in [0.4, 0.5) is 17.1 Å². The number of para-hydroxylation sites is 2. The predicted octanol–water partition coefficient (Wildman–Crippen LogP) is 12.8. The van der Waals surface area contributed by atoms with Gasteiger partial charge >= 0.3 is 0 Å². The van der Waals surface area contributed by atoms with E-state index < -0.39 is 0 Å². The summed E-state index contributed by atoms with van der Waals surface area (Å²) in [5, 5.41) is 23.5. The van der Waals surface area contributed by atoms with Crippen LogP contribution in [0.3, 0.4) is 0 Å². The molecule has 0 saturated heterocycles. The van der Waals surface area contributed by atoms with Crippen molar-refractivity contribution >= 4 is 60.7 Å². The van der Waals surface area contributed by atoms with Crippen LogP contribution in [0.2, 0.25) is 0 Å². The number of nitriles is 2. The van der Waals surface area contributed by atoms with Crippen molar-refractivity contribution in [3.8, 4) is 34.6 Å². The molecule has 0 saturated carbocycles. The van der Waals surface area contributed by atoms with Crippen LogP contribution in [-0.4, -0.2) is 9.13 Å². The normalized spacial score (nSPS) is 11.2. The Balaban J connectivity index is 1.18. The Morgan fingerprint density at radius 2 is 0.745 bits per heavy atom. The zero-order valence-corrected chi connectivity index (χ0v) is 29.6. The molecule has 0 fully saturated rings. The minimum atomic E-state index is 0.637. The molecule has 0 aliphatic heterocycles. The number of rotatable bonds is 6. The molecule has 0 aliphatic carbocycles. The molecular weight excluding hydrogens is 671 g/mol. The van der Waals surface area contributed by atoms with Gasteiger partial charge < -0.3 is 14.0 Å². The second-order valence-electron chi connectivity index (χ2n) is 13.7. The highest BCUT2D eigenvalue weighted by Crippen LogP contribution is 2.42. The van der Waals surface area contributed by atoms with Crippen molar-refractivity contribution in [1.82, 2.24) is 9.13 Å².